The third kappa shape index (κ3) is 5.91. The highest BCUT2D eigenvalue weighted by atomic mass is 16.2. The van der Waals surface area contributed by atoms with E-state index >= 15 is 0 Å². The molecule has 1 spiro atoms. The van der Waals surface area contributed by atoms with Gasteiger partial charge in [0.25, 0.3) is 5.91 Å². The van der Waals surface area contributed by atoms with Gasteiger partial charge in [-0.3, -0.25) is 19.5 Å². The fourth-order valence-corrected chi connectivity index (χ4v) is 7.87. The molecule has 0 saturated carbocycles. The molecule has 0 bridgehead atoms. The maximum atomic E-state index is 14.4. The summed E-state index contributed by atoms with van der Waals surface area (Å²) in [5, 5.41) is 1.06. The van der Waals surface area contributed by atoms with Crippen molar-refractivity contribution in [1.29, 1.82) is 0 Å². The van der Waals surface area contributed by atoms with E-state index in [-0.39, 0.29) is 23.0 Å². The van der Waals surface area contributed by atoms with Crippen molar-refractivity contribution in [2.24, 2.45) is 0 Å². The minimum absolute atomic E-state index is 0.0148. The number of rotatable bonds is 13. The number of amides is 3. The summed E-state index contributed by atoms with van der Waals surface area (Å²) in [6, 6.07) is 9.97. The van der Waals surface area contributed by atoms with E-state index in [2.05, 4.69) is 57.5 Å². The zero-order valence-electron chi connectivity index (χ0n) is 25.4. The number of carbonyl (C=O) groups excluding carboxylic acids is 2. The summed E-state index contributed by atoms with van der Waals surface area (Å²) in [7, 11) is 0. The SMILES string of the molecule is CCCCCCCCCCCCN1C(=O)N(c2cc3ccccc3[nH]2)C2(CC(C)(C)N(CC)C(C)(C)C2)C1=O. The topological polar surface area (TPSA) is 59.7 Å². The lowest BCUT2D eigenvalue weighted by atomic mass is 9.68. The lowest BCUT2D eigenvalue weighted by molar-refractivity contribution is -0.139. The molecule has 2 aliphatic heterocycles. The molecule has 6 heteroatoms. The number of anilines is 1. The maximum absolute atomic E-state index is 14.4. The first-order valence-corrected chi connectivity index (χ1v) is 15.6. The minimum Gasteiger partial charge on any atom is -0.341 e. The highest BCUT2D eigenvalue weighted by Gasteiger charge is 2.65. The first kappa shape index (κ1) is 29.6. The van der Waals surface area contributed by atoms with Gasteiger partial charge in [0.05, 0.1) is 0 Å². The number of carbonyl (C=O) groups is 2. The van der Waals surface area contributed by atoms with Gasteiger partial charge in [0.15, 0.2) is 0 Å². The Morgan fingerprint density at radius 3 is 1.92 bits per heavy atom. The number of hydrogen-bond donors (Lipinski definition) is 1. The van der Waals surface area contributed by atoms with Crippen molar-refractivity contribution in [1.82, 2.24) is 14.8 Å². The number of piperidine rings is 1. The minimum atomic E-state index is -0.894. The van der Waals surface area contributed by atoms with Crippen molar-refractivity contribution in [3.05, 3.63) is 30.3 Å². The van der Waals surface area contributed by atoms with Crippen LogP contribution >= 0.6 is 0 Å². The Morgan fingerprint density at radius 2 is 1.36 bits per heavy atom. The molecular formula is C33H52N4O2. The molecule has 0 atom stereocenters. The van der Waals surface area contributed by atoms with E-state index in [0.29, 0.717) is 19.4 Å². The summed E-state index contributed by atoms with van der Waals surface area (Å²) in [6.07, 6.45) is 13.5. The number of nitrogens with one attached hydrogen (secondary N) is 1. The third-order valence-corrected chi connectivity index (χ3v) is 9.21. The van der Waals surface area contributed by atoms with Gasteiger partial charge < -0.3 is 4.98 Å². The number of H-pyrrole nitrogens is 1. The van der Waals surface area contributed by atoms with Crippen molar-refractivity contribution in [2.45, 2.75) is 135 Å². The molecule has 1 aromatic heterocycles. The van der Waals surface area contributed by atoms with Crippen LogP contribution in [0.1, 0.15) is 119 Å². The van der Waals surface area contributed by atoms with Crippen LogP contribution in [0.4, 0.5) is 10.6 Å². The number of benzene rings is 1. The van der Waals surface area contributed by atoms with Crippen LogP contribution in [0.15, 0.2) is 30.3 Å². The third-order valence-electron chi connectivity index (χ3n) is 9.21. The molecule has 6 nitrogen and oxygen atoms in total. The maximum Gasteiger partial charge on any atom is 0.333 e. The van der Waals surface area contributed by atoms with E-state index < -0.39 is 5.54 Å². The number of nitrogens with zero attached hydrogens (tertiary/aromatic N) is 3. The number of para-hydroxylation sites is 1. The van der Waals surface area contributed by atoms with Crippen LogP contribution in [-0.4, -0.2) is 56.4 Å². The summed E-state index contributed by atoms with van der Waals surface area (Å²) in [6.45, 7) is 14.8. The molecule has 2 saturated heterocycles. The predicted molar refractivity (Wildman–Crippen MR) is 162 cm³/mol. The Morgan fingerprint density at radius 1 is 0.795 bits per heavy atom. The van der Waals surface area contributed by atoms with Crippen molar-refractivity contribution < 1.29 is 9.59 Å². The van der Waals surface area contributed by atoms with Crippen molar-refractivity contribution in [3.63, 3.8) is 0 Å². The molecule has 0 aliphatic carbocycles. The molecular weight excluding hydrogens is 484 g/mol. The van der Waals surface area contributed by atoms with Gasteiger partial charge in [0.1, 0.15) is 11.4 Å². The number of aromatic amines is 1. The molecule has 0 unspecified atom stereocenters. The molecule has 3 heterocycles. The largest absolute Gasteiger partial charge is 0.341 e. The first-order chi connectivity index (χ1) is 18.6. The number of aromatic nitrogens is 1. The molecule has 2 fully saturated rings. The number of urea groups is 1. The lowest BCUT2D eigenvalue weighted by Gasteiger charge is -2.59. The molecule has 2 aliphatic rings. The molecule has 0 radical (unpaired) electrons. The van der Waals surface area contributed by atoms with E-state index in [1.165, 1.54) is 51.4 Å². The highest BCUT2D eigenvalue weighted by molar-refractivity contribution is 6.17. The molecule has 1 N–H and O–H groups in total. The fraction of sp³-hybridized carbons (Fsp3) is 0.697. The van der Waals surface area contributed by atoms with Gasteiger partial charge >= 0.3 is 6.03 Å². The second kappa shape index (κ2) is 12.0. The summed E-state index contributed by atoms with van der Waals surface area (Å²) in [5.41, 5.74) is -0.372. The van der Waals surface area contributed by atoms with Crippen LogP contribution < -0.4 is 4.90 Å². The van der Waals surface area contributed by atoms with E-state index in [9.17, 15) is 9.59 Å². The van der Waals surface area contributed by atoms with Gasteiger partial charge in [-0.05, 0) is 65.6 Å². The highest BCUT2D eigenvalue weighted by Crippen LogP contribution is 2.51. The van der Waals surface area contributed by atoms with Crippen molar-refractivity contribution in [2.75, 3.05) is 18.0 Å². The van der Waals surface area contributed by atoms with Crippen LogP contribution in [-0.2, 0) is 4.79 Å². The van der Waals surface area contributed by atoms with E-state index in [1.807, 2.05) is 29.2 Å². The number of imide groups is 1. The second-order valence-corrected chi connectivity index (χ2v) is 13.3. The van der Waals surface area contributed by atoms with E-state index in [4.69, 9.17) is 0 Å². The smallest absolute Gasteiger partial charge is 0.333 e. The Bertz CT molecular complexity index is 1080. The normalized spacial score (nSPS) is 20.6. The van der Waals surface area contributed by atoms with Crippen molar-refractivity contribution in [3.8, 4) is 0 Å². The zero-order valence-corrected chi connectivity index (χ0v) is 25.4. The Balaban J connectivity index is 1.52. The zero-order chi connectivity index (χ0) is 28.3. The van der Waals surface area contributed by atoms with Gasteiger partial charge in [-0.2, -0.15) is 0 Å². The summed E-state index contributed by atoms with van der Waals surface area (Å²) < 4.78 is 0. The van der Waals surface area contributed by atoms with E-state index in [0.717, 1.165) is 36.1 Å². The van der Waals surface area contributed by atoms with Gasteiger partial charge in [0, 0.05) is 28.5 Å². The van der Waals surface area contributed by atoms with Crippen LogP contribution in [0.2, 0.25) is 0 Å². The Kier molecular flexibility index (Phi) is 9.15. The van der Waals surface area contributed by atoms with Gasteiger partial charge in [-0.25, -0.2) is 4.79 Å². The molecule has 2 aromatic rings. The van der Waals surface area contributed by atoms with Gasteiger partial charge in [0.2, 0.25) is 0 Å². The van der Waals surface area contributed by atoms with Crippen molar-refractivity contribution >= 4 is 28.7 Å². The molecule has 1 aromatic carbocycles. The van der Waals surface area contributed by atoms with Crippen LogP contribution in [0.3, 0.4) is 0 Å². The standard InChI is InChI=1S/C33H52N4O2/c1-7-9-10-11-12-13-14-15-16-19-22-35-29(38)33(24-31(3,4)36(8-2)32(5,6)25-33)37(30(35)39)28-23-26-20-17-18-21-27(26)34-28/h17-18,20-21,23,34H,7-16,19,22,24-25H2,1-6H3. The second-order valence-electron chi connectivity index (χ2n) is 13.3. The average molecular weight is 537 g/mol. The quantitative estimate of drug-likeness (QED) is 0.207. The molecule has 4 rings (SSSR count). The van der Waals surface area contributed by atoms with E-state index in [1.54, 1.807) is 4.90 Å². The number of fused-ring (bicyclic) bond motifs is 1. The number of unbranched alkanes of at least 4 members (excludes halogenated alkanes) is 9. The van der Waals surface area contributed by atoms with Crippen LogP contribution in [0, 0.1) is 0 Å². The van der Waals surface area contributed by atoms with Gasteiger partial charge in [-0.1, -0.05) is 89.8 Å². The average Bonchev–Trinajstić information content (AvgIpc) is 3.36. The molecule has 39 heavy (non-hydrogen) atoms. The number of hydrogen-bond acceptors (Lipinski definition) is 3. The molecule has 3 amide bonds. The first-order valence-electron chi connectivity index (χ1n) is 15.6. The lowest BCUT2D eigenvalue weighted by Crippen LogP contribution is -2.70. The Hall–Kier alpha value is -2.34. The van der Waals surface area contributed by atoms with Gasteiger partial charge in [-0.15, -0.1) is 0 Å². The van der Waals surface area contributed by atoms with Crippen LogP contribution in [0.25, 0.3) is 10.9 Å². The fourth-order valence-electron chi connectivity index (χ4n) is 7.87. The summed E-state index contributed by atoms with van der Waals surface area (Å²) in [5.74, 6) is 0.718. The molecule has 216 valence electrons. The monoisotopic (exact) mass is 536 g/mol. The Labute approximate surface area is 236 Å². The van der Waals surface area contributed by atoms with Crippen LogP contribution in [0.5, 0.6) is 0 Å². The summed E-state index contributed by atoms with van der Waals surface area (Å²) in [4.78, 5) is 37.9. The predicted octanol–water partition coefficient (Wildman–Crippen LogP) is 8.27. The number of likely N-dealkylation sites (tertiary alicyclic amines) is 1. The summed E-state index contributed by atoms with van der Waals surface area (Å²) >= 11 is 0.